The van der Waals surface area contributed by atoms with Gasteiger partial charge in [-0.05, 0) is 0 Å². The van der Waals surface area contributed by atoms with Crippen LogP contribution in [0.4, 0.5) is 0 Å². The third-order valence-electron chi connectivity index (χ3n) is 0. The van der Waals surface area contributed by atoms with Crippen molar-refractivity contribution in [1.29, 1.82) is 0 Å². The van der Waals surface area contributed by atoms with Gasteiger partial charge in [0.15, 0.2) is 0 Å². The van der Waals surface area contributed by atoms with E-state index in [2.05, 4.69) is 0 Å². The first-order valence-corrected chi connectivity index (χ1v) is 1.26. The Morgan fingerprint density at radius 2 is 0.875 bits per heavy atom. The summed E-state index contributed by atoms with van der Waals surface area (Å²) in [6.07, 6.45) is 0. The van der Waals surface area contributed by atoms with E-state index in [1.807, 2.05) is 0 Å². The van der Waals surface area contributed by atoms with Crippen LogP contribution in [0.5, 0.6) is 0 Å². The first kappa shape index (κ1) is 31.3. The molecule has 0 heterocycles. The van der Waals surface area contributed by atoms with E-state index in [9.17, 15) is 0 Å². The number of rotatable bonds is 0. The standard InChI is InChI=1S/CH4O.2CH3O.K.Na/c3*1-2;;/h2H,1H3;2*1H3;;/q;2*-1;2*+1. The maximum Gasteiger partial charge on any atom is 1.00 e. The van der Waals surface area contributed by atoms with Crippen LogP contribution >= 0.6 is 0 Å². The minimum Gasteiger partial charge on any atom is -0.857 e. The van der Waals surface area contributed by atoms with E-state index in [0.29, 0.717) is 0 Å². The minimum absolute atomic E-state index is 0. The van der Waals surface area contributed by atoms with Crippen molar-refractivity contribution in [3.8, 4) is 0 Å². The zero-order chi connectivity index (χ0) is 6.00. The first-order chi connectivity index (χ1) is 3.00. The van der Waals surface area contributed by atoms with E-state index < -0.39 is 0 Å². The molecule has 3 nitrogen and oxygen atoms in total. The number of hydrogen-bond acceptors (Lipinski definition) is 3. The Hall–Kier alpha value is 2.52. The summed E-state index contributed by atoms with van der Waals surface area (Å²) in [5, 5.41) is 23.5. The van der Waals surface area contributed by atoms with Crippen molar-refractivity contribution in [3.63, 3.8) is 0 Å². The molecule has 0 saturated carbocycles. The largest absolute Gasteiger partial charge is 1.00 e. The van der Waals surface area contributed by atoms with Crippen molar-refractivity contribution in [2.24, 2.45) is 0 Å². The Balaban J connectivity index is -0.00000000500. The van der Waals surface area contributed by atoms with E-state index >= 15 is 0 Å². The van der Waals surface area contributed by atoms with Gasteiger partial charge in [-0.1, -0.05) is 0 Å². The fourth-order valence-electron chi connectivity index (χ4n) is 0. The summed E-state index contributed by atoms with van der Waals surface area (Å²) in [5.41, 5.74) is 0. The van der Waals surface area contributed by atoms with Crippen LogP contribution in [0.25, 0.3) is 0 Å². The van der Waals surface area contributed by atoms with Crippen LogP contribution < -0.4 is 91.2 Å². The van der Waals surface area contributed by atoms with E-state index in [1.165, 1.54) is 0 Å². The molecular formula is C3H10KNaO3. The van der Waals surface area contributed by atoms with E-state index in [4.69, 9.17) is 15.3 Å². The van der Waals surface area contributed by atoms with Gasteiger partial charge in [-0.15, -0.1) is 0 Å². The molecule has 0 aromatic heterocycles. The monoisotopic (exact) mass is 156 g/mol. The van der Waals surface area contributed by atoms with Crippen LogP contribution in [0.15, 0.2) is 0 Å². The molecule has 0 aliphatic rings. The van der Waals surface area contributed by atoms with Gasteiger partial charge in [-0.3, -0.25) is 0 Å². The fourth-order valence-corrected chi connectivity index (χ4v) is 0. The van der Waals surface area contributed by atoms with Gasteiger partial charge in [0.25, 0.3) is 0 Å². The second-order valence-corrected chi connectivity index (χ2v) is 0. The van der Waals surface area contributed by atoms with Gasteiger partial charge in [0.2, 0.25) is 0 Å². The molecular weight excluding hydrogens is 146 g/mol. The second kappa shape index (κ2) is 109. The fraction of sp³-hybridized carbons (Fsp3) is 1.00. The van der Waals surface area contributed by atoms with Gasteiger partial charge in [-0.2, -0.15) is 14.2 Å². The average Bonchev–Trinajstić information content (AvgIpc) is 1.81. The second-order valence-electron chi connectivity index (χ2n) is 0. The molecule has 8 heavy (non-hydrogen) atoms. The first-order valence-electron chi connectivity index (χ1n) is 1.26. The molecule has 0 aromatic carbocycles. The smallest absolute Gasteiger partial charge is 0.857 e. The molecule has 0 bridgehead atoms. The van der Waals surface area contributed by atoms with Crippen LogP contribution in [-0.4, -0.2) is 26.4 Å². The normalized spacial score (nSPS) is 2.25. The summed E-state index contributed by atoms with van der Waals surface area (Å²) in [7, 11) is 2.50. The minimum atomic E-state index is 0. The quantitative estimate of drug-likeness (QED) is 0.354. The number of aliphatic hydroxyl groups is 1. The predicted molar refractivity (Wildman–Crippen MR) is 20.0 cm³/mol. The summed E-state index contributed by atoms with van der Waals surface area (Å²) in [6.45, 7) is 0. The van der Waals surface area contributed by atoms with Gasteiger partial charge in [0.05, 0.1) is 0 Å². The Morgan fingerprint density at radius 1 is 0.875 bits per heavy atom. The molecule has 5 heteroatoms. The zero-order valence-corrected chi connectivity index (χ0v) is 11.4. The molecule has 0 atom stereocenters. The van der Waals surface area contributed by atoms with Crippen molar-refractivity contribution in [2.75, 3.05) is 21.3 Å². The summed E-state index contributed by atoms with van der Waals surface area (Å²) in [6, 6.07) is 0. The van der Waals surface area contributed by atoms with Crippen molar-refractivity contribution in [2.45, 2.75) is 0 Å². The summed E-state index contributed by atoms with van der Waals surface area (Å²) in [5.74, 6) is 0. The van der Waals surface area contributed by atoms with Crippen LogP contribution in [0.1, 0.15) is 0 Å². The van der Waals surface area contributed by atoms with Crippen molar-refractivity contribution >= 4 is 0 Å². The Kier molecular flexibility index (Phi) is 426. The molecule has 0 aliphatic carbocycles. The third kappa shape index (κ3) is 76.0. The number of hydrogen-bond donors (Lipinski definition) is 1. The SMILES string of the molecule is CO.C[O-].C[O-].[K+].[Na+]. The van der Waals surface area contributed by atoms with Gasteiger partial charge >= 0.3 is 80.9 Å². The van der Waals surface area contributed by atoms with Gasteiger partial charge in [0.1, 0.15) is 0 Å². The summed E-state index contributed by atoms with van der Waals surface area (Å²) in [4.78, 5) is 0. The van der Waals surface area contributed by atoms with Gasteiger partial charge in [0, 0.05) is 7.11 Å². The van der Waals surface area contributed by atoms with Crippen LogP contribution in [0.2, 0.25) is 0 Å². The van der Waals surface area contributed by atoms with Crippen molar-refractivity contribution in [3.05, 3.63) is 0 Å². The summed E-state index contributed by atoms with van der Waals surface area (Å²) < 4.78 is 0. The van der Waals surface area contributed by atoms with E-state index in [1.54, 1.807) is 0 Å². The summed E-state index contributed by atoms with van der Waals surface area (Å²) >= 11 is 0. The molecule has 42 valence electrons. The van der Waals surface area contributed by atoms with Crippen LogP contribution in [0, 0.1) is 0 Å². The topological polar surface area (TPSA) is 66.3 Å². The molecule has 0 aliphatic heterocycles. The van der Waals surface area contributed by atoms with Gasteiger partial charge in [-0.25, -0.2) is 0 Å². The van der Waals surface area contributed by atoms with Gasteiger partial charge < -0.3 is 15.3 Å². The number of aliphatic hydroxyl groups excluding tert-OH is 1. The van der Waals surface area contributed by atoms with Crippen molar-refractivity contribution in [1.82, 2.24) is 0 Å². The van der Waals surface area contributed by atoms with E-state index in [0.717, 1.165) is 21.3 Å². The maximum atomic E-state index is 8.25. The molecule has 0 aromatic rings. The molecule has 0 unspecified atom stereocenters. The Bertz CT molecular complexity index is 14.5. The molecule has 0 rings (SSSR count). The molecule has 0 spiro atoms. The molecule has 1 N–H and O–H groups in total. The third-order valence-corrected chi connectivity index (χ3v) is 0. The average molecular weight is 156 g/mol. The predicted octanol–water partition coefficient (Wildman–Crippen LogP) is -8.43. The zero-order valence-electron chi connectivity index (χ0n) is 6.26. The van der Waals surface area contributed by atoms with Crippen LogP contribution in [0.3, 0.4) is 0 Å². The molecule has 0 fully saturated rings. The van der Waals surface area contributed by atoms with Crippen molar-refractivity contribution < 1.29 is 96.3 Å². The molecule has 0 amide bonds. The molecule has 0 radical (unpaired) electrons. The van der Waals surface area contributed by atoms with E-state index in [-0.39, 0.29) is 80.9 Å². The maximum absolute atomic E-state index is 8.25. The van der Waals surface area contributed by atoms with Crippen LogP contribution in [-0.2, 0) is 0 Å². The Labute approximate surface area is 115 Å². The Morgan fingerprint density at radius 3 is 0.875 bits per heavy atom. The molecule has 0 saturated heterocycles.